The molecule has 2 fully saturated rings. The van der Waals surface area contributed by atoms with Crippen LogP contribution in [-0.4, -0.2) is 94.5 Å². The van der Waals surface area contributed by atoms with Crippen molar-refractivity contribution in [2.75, 3.05) is 26.2 Å². The maximum atomic E-state index is 14.4. The van der Waals surface area contributed by atoms with Crippen molar-refractivity contribution in [1.29, 1.82) is 0 Å². The molecule has 5 atom stereocenters. The Morgan fingerprint density at radius 1 is 0.968 bits per heavy atom. The monoisotopic (exact) mass is 855 g/mol. The molecule has 5 amide bonds. The molecule has 2 aliphatic rings. The number of ether oxygens (including phenoxy) is 1. The summed E-state index contributed by atoms with van der Waals surface area (Å²) in [6.07, 6.45) is 8.75. The normalized spacial score (nSPS) is 19.5. The second kappa shape index (κ2) is 21.7. The molecule has 2 saturated heterocycles. The first-order valence-electron chi connectivity index (χ1n) is 22.5. The number of H-pyrrole nitrogens is 1. The highest BCUT2D eigenvalue weighted by atomic mass is 16.6. The molecule has 0 aliphatic carbocycles. The fourth-order valence-electron chi connectivity index (χ4n) is 8.35. The summed E-state index contributed by atoms with van der Waals surface area (Å²) in [7, 11) is 0. The van der Waals surface area contributed by atoms with Gasteiger partial charge >= 0.3 is 6.09 Å². The summed E-state index contributed by atoms with van der Waals surface area (Å²) in [4.78, 5) is 77.5. The van der Waals surface area contributed by atoms with Gasteiger partial charge in [0.25, 0.3) is 5.91 Å². The van der Waals surface area contributed by atoms with Crippen molar-refractivity contribution in [3.8, 4) is 0 Å². The lowest BCUT2D eigenvalue weighted by Gasteiger charge is -2.30. The predicted molar refractivity (Wildman–Crippen MR) is 242 cm³/mol. The number of nitrogens with zero attached hydrogens (tertiary/aromatic N) is 2. The Kier molecular flexibility index (Phi) is 16.7. The number of carbonyl (C=O) groups is 5. The quantitative estimate of drug-likeness (QED) is 0.0602. The minimum atomic E-state index is -0.812. The molecule has 3 heterocycles. The summed E-state index contributed by atoms with van der Waals surface area (Å²) in [5.41, 5.74) is 2.04. The van der Waals surface area contributed by atoms with Gasteiger partial charge in [0.2, 0.25) is 17.7 Å². The Hall–Kier alpha value is -5.24. The van der Waals surface area contributed by atoms with Gasteiger partial charge in [0.05, 0.1) is 22.5 Å². The summed E-state index contributed by atoms with van der Waals surface area (Å²) >= 11 is 0. The summed E-state index contributed by atoms with van der Waals surface area (Å²) < 4.78 is 5.51. The second-order valence-corrected chi connectivity index (χ2v) is 18.9. The number of fused-ring (bicyclic) bond motifs is 1. The van der Waals surface area contributed by atoms with E-state index < -0.39 is 29.7 Å². The van der Waals surface area contributed by atoms with Gasteiger partial charge in [0.15, 0.2) is 0 Å². The smallest absolute Gasteiger partial charge is 0.407 e. The molecular weight excluding hydrogens is 785 g/mol. The molecule has 0 spiro atoms. The number of likely N-dealkylation sites (tertiary alicyclic amines) is 1. The first kappa shape index (κ1) is 47.8. The lowest BCUT2D eigenvalue weighted by molar-refractivity contribution is -0.141. The number of imidazole rings is 1. The Labute approximate surface area is 367 Å². The van der Waals surface area contributed by atoms with Crippen LogP contribution in [0.1, 0.15) is 122 Å². The number of hydrogen-bond donors (Lipinski definition) is 6. The maximum Gasteiger partial charge on any atom is 0.407 e. The molecule has 0 radical (unpaired) electrons. The number of rotatable bonds is 19. The van der Waals surface area contributed by atoms with E-state index in [4.69, 9.17) is 9.72 Å². The van der Waals surface area contributed by atoms with Gasteiger partial charge in [-0.15, -0.1) is 0 Å². The topological polar surface area (TPSA) is 187 Å². The van der Waals surface area contributed by atoms with E-state index >= 15 is 0 Å². The van der Waals surface area contributed by atoms with E-state index in [-0.39, 0.29) is 41.1 Å². The highest BCUT2D eigenvalue weighted by molar-refractivity contribution is 6.05. The van der Waals surface area contributed by atoms with Crippen molar-refractivity contribution in [2.45, 2.75) is 136 Å². The van der Waals surface area contributed by atoms with Gasteiger partial charge in [-0.05, 0) is 115 Å². The highest BCUT2D eigenvalue weighted by Gasteiger charge is 2.39. The summed E-state index contributed by atoms with van der Waals surface area (Å²) in [5, 5.41) is 15.4. The van der Waals surface area contributed by atoms with E-state index in [1.165, 1.54) is 0 Å². The van der Waals surface area contributed by atoms with Crippen molar-refractivity contribution in [2.24, 2.45) is 17.8 Å². The van der Waals surface area contributed by atoms with Crippen molar-refractivity contribution in [1.82, 2.24) is 41.5 Å². The molecule has 2 aliphatic heterocycles. The highest BCUT2D eigenvalue weighted by Crippen LogP contribution is 2.30. The SMILES string of the molecule is CC(C)C[C@@H](C/C=C/[C@H](Cc1ccccc1)C(=O)N1CCC[C@H]1C(=O)N[C@H](C(=O)NCCCNC(=O)c1cccc2[nH]c([C@]3(C)CCCN3)nc12)C(C)C)NC(=O)OC(C)(C)C. The molecule has 2 aromatic carbocycles. The second-order valence-electron chi connectivity index (χ2n) is 18.9. The molecule has 5 rings (SSSR count). The van der Waals surface area contributed by atoms with Crippen molar-refractivity contribution in [3.05, 3.63) is 77.6 Å². The number of alkyl carbamates (subject to hydrolysis) is 1. The zero-order valence-electron chi connectivity index (χ0n) is 38.1. The zero-order valence-corrected chi connectivity index (χ0v) is 38.1. The van der Waals surface area contributed by atoms with Crippen LogP contribution < -0.4 is 26.6 Å². The molecule has 0 saturated carbocycles. The Morgan fingerprint density at radius 2 is 1.71 bits per heavy atom. The van der Waals surface area contributed by atoms with Gasteiger partial charge in [-0.3, -0.25) is 19.2 Å². The van der Waals surface area contributed by atoms with Gasteiger partial charge in [0.1, 0.15) is 29.0 Å². The number of aromatic nitrogens is 2. The average Bonchev–Trinajstić information content (AvgIpc) is 3.99. The summed E-state index contributed by atoms with van der Waals surface area (Å²) in [6, 6.07) is 13.6. The molecule has 62 heavy (non-hydrogen) atoms. The van der Waals surface area contributed by atoms with Crippen molar-refractivity contribution < 1.29 is 28.7 Å². The maximum absolute atomic E-state index is 14.4. The number of hydrogen-bond acceptors (Lipinski definition) is 8. The van der Waals surface area contributed by atoms with Crippen molar-refractivity contribution in [3.63, 3.8) is 0 Å². The fraction of sp³-hybridized carbons (Fsp3) is 0.583. The Morgan fingerprint density at radius 3 is 2.39 bits per heavy atom. The summed E-state index contributed by atoms with van der Waals surface area (Å²) in [5.74, 6) is -0.675. The van der Waals surface area contributed by atoms with E-state index in [9.17, 15) is 24.0 Å². The van der Waals surface area contributed by atoms with Crippen LogP contribution in [-0.2, 0) is 31.1 Å². The van der Waals surface area contributed by atoms with Crippen LogP contribution in [0.2, 0.25) is 0 Å². The third kappa shape index (κ3) is 13.4. The molecule has 0 unspecified atom stereocenters. The first-order valence-corrected chi connectivity index (χ1v) is 22.5. The minimum absolute atomic E-state index is 0.153. The van der Waals surface area contributed by atoms with Crippen LogP contribution in [0.3, 0.4) is 0 Å². The van der Waals surface area contributed by atoms with Gasteiger partial charge in [-0.2, -0.15) is 0 Å². The van der Waals surface area contributed by atoms with Crippen LogP contribution >= 0.6 is 0 Å². The number of para-hydroxylation sites is 1. The number of nitrogens with one attached hydrogen (secondary N) is 6. The van der Waals surface area contributed by atoms with E-state index in [1.807, 2.05) is 89.2 Å². The molecular formula is C48H70N8O6. The molecule has 3 aromatic rings. The molecule has 1 aromatic heterocycles. The van der Waals surface area contributed by atoms with Gasteiger partial charge in [0, 0.05) is 25.7 Å². The molecule has 0 bridgehead atoms. The van der Waals surface area contributed by atoms with Crippen molar-refractivity contribution >= 4 is 40.8 Å². The van der Waals surface area contributed by atoms with E-state index in [2.05, 4.69) is 52.3 Å². The standard InChI is InChI=1S/C48H70N8O6/c1-31(2)29-35(52-46(61)62-47(5,6)7)20-12-19-34(30-33-17-10-9-11-18-33)44(60)56-28-14-23-38(56)42(58)54-39(32(3)4)43(59)50-26-16-25-49-41(57)36-21-13-22-37-40(36)55-45(53-37)48(8)24-15-27-51-48/h9-13,17-19,21-22,31-32,34-35,38-39,51H,14-16,20,23-30H2,1-8H3,(H,49,57)(H,50,59)(H,52,61)(H,53,55)(H,54,58)/b19-12+/t34-,35-,38+,39+,48+/m1/s1. The predicted octanol–water partition coefficient (Wildman–Crippen LogP) is 6.27. The molecule has 338 valence electrons. The van der Waals surface area contributed by atoms with Crippen LogP contribution in [0.5, 0.6) is 0 Å². The first-order chi connectivity index (χ1) is 29.4. The minimum Gasteiger partial charge on any atom is -0.444 e. The molecule has 6 N–H and O–H groups in total. The van der Waals surface area contributed by atoms with Crippen LogP contribution in [0, 0.1) is 17.8 Å². The number of carbonyl (C=O) groups excluding carboxylic acids is 5. The third-order valence-corrected chi connectivity index (χ3v) is 11.6. The van der Waals surface area contributed by atoms with E-state index in [0.717, 1.165) is 42.7 Å². The lowest BCUT2D eigenvalue weighted by Crippen LogP contribution is -2.55. The fourth-order valence-corrected chi connectivity index (χ4v) is 8.35. The zero-order chi connectivity index (χ0) is 45.0. The van der Waals surface area contributed by atoms with E-state index in [1.54, 1.807) is 11.0 Å². The molecule has 14 nitrogen and oxygen atoms in total. The number of benzene rings is 2. The summed E-state index contributed by atoms with van der Waals surface area (Å²) in [6.45, 7) is 17.5. The number of amides is 5. The largest absolute Gasteiger partial charge is 0.444 e. The third-order valence-electron chi connectivity index (χ3n) is 11.6. The Balaban J connectivity index is 1.16. The van der Waals surface area contributed by atoms with Gasteiger partial charge in [-0.25, -0.2) is 9.78 Å². The van der Waals surface area contributed by atoms with Crippen LogP contribution in [0.15, 0.2) is 60.7 Å². The van der Waals surface area contributed by atoms with Gasteiger partial charge in [-0.1, -0.05) is 76.2 Å². The van der Waals surface area contributed by atoms with Crippen LogP contribution in [0.4, 0.5) is 4.79 Å². The number of aromatic amines is 1. The average molecular weight is 855 g/mol. The lowest BCUT2D eigenvalue weighted by atomic mass is 9.95. The molecule has 14 heteroatoms. The van der Waals surface area contributed by atoms with Crippen LogP contribution in [0.25, 0.3) is 11.0 Å². The van der Waals surface area contributed by atoms with E-state index in [0.29, 0.717) is 68.7 Å². The Bertz CT molecular complexity index is 2020. The van der Waals surface area contributed by atoms with Gasteiger partial charge < -0.3 is 41.2 Å².